The van der Waals surface area contributed by atoms with E-state index < -0.39 is 17.3 Å². The Morgan fingerprint density at radius 2 is 2.24 bits per heavy atom. The lowest BCUT2D eigenvalue weighted by atomic mass is 9.71. The van der Waals surface area contributed by atoms with Gasteiger partial charge in [-0.2, -0.15) is 4.98 Å². The second kappa shape index (κ2) is 7.90. The number of piperidine rings is 2. The molecular weight excluding hydrogens is 379 g/mol. The maximum atomic E-state index is 13.8. The van der Waals surface area contributed by atoms with Gasteiger partial charge in [-0.3, -0.25) is 9.59 Å². The summed E-state index contributed by atoms with van der Waals surface area (Å²) in [5.74, 6) is -0.373. The standard InChI is InChI=1S/C20H23FN4O4/c21-14-5-2-1-4-13(14)18-23-16(29-24-18)6-7-17(27)25-11-8-15(26)20(12-25)9-3-10-22-19(20)28/h1-2,4-5,15,26H,3,6-12H2,(H,22,28)/t15-,20+/m0/s1. The average molecular weight is 402 g/mol. The van der Waals surface area contributed by atoms with Gasteiger partial charge in [0.15, 0.2) is 0 Å². The third kappa shape index (κ3) is 3.74. The first-order chi connectivity index (χ1) is 14.0. The zero-order valence-electron chi connectivity index (χ0n) is 15.9. The van der Waals surface area contributed by atoms with Crippen molar-refractivity contribution in [3.05, 3.63) is 36.0 Å². The summed E-state index contributed by atoms with van der Waals surface area (Å²) in [5, 5.41) is 17.0. The van der Waals surface area contributed by atoms with Crippen molar-refractivity contribution in [1.29, 1.82) is 0 Å². The summed E-state index contributed by atoms with van der Waals surface area (Å²) in [6, 6.07) is 6.13. The Morgan fingerprint density at radius 1 is 1.41 bits per heavy atom. The number of nitrogens with zero attached hydrogens (tertiary/aromatic N) is 3. The lowest BCUT2D eigenvalue weighted by Crippen LogP contribution is -2.62. The van der Waals surface area contributed by atoms with Gasteiger partial charge in [0.05, 0.1) is 17.1 Å². The maximum absolute atomic E-state index is 13.8. The number of hydrogen-bond donors (Lipinski definition) is 2. The van der Waals surface area contributed by atoms with Gasteiger partial charge in [-0.1, -0.05) is 17.3 Å². The fourth-order valence-electron chi connectivity index (χ4n) is 4.14. The number of carbonyl (C=O) groups excluding carboxylic acids is 2. The number of halogens is 1. The number of aliphatic hydroxyl groups is 1. The van der Waals surface area contributed by atoms with Crippen LogP contribution in [0.3, 0.4) is 0 Å². The van der Waals surface area contributed by atoms with Crippen LogP contribution in [0, 0.1) is 11.2 Å². The molecule has 0 aliphatic carbocycles. The molecule has 0 bridgehead atoms. The normalized spacial score (nSPS) is 24.6. The number of carbonyl (C=O) groups is 2. The summed E-state index contributed by atoms with van der Waals surface area (Å²) in [5.41, 5.74) is -0.682. The van der Waals surface area contributed by atoms with Crippen LogP contribution in [0.15, 0.2) is 28.8 Å². The molecule has 1 aromatic heterocycles. The number of aryl methyl sites for hydroxylation is 1. The molecule has 1 spiro atoms. The molecule has 154 valence electrons. The number of benzene rings is 1. The van der Waals surface area contributed by atoms with Crippen LogP contribution in [-0.4, -0.2) is 57.7 Å². The number of nitrogens with one attached hydrogen (secondary N) is 1. The highest BCUT2D eigenvalue weighted by molar-refractivity contribution is 5.86. The molecule has 0 radical (unpaired) electrons. The summed E-state index contributed by atoms with van der Waals surface area (Å²) in [6.45, 7) is 1.21. The molecule has 9 heteroatoms. The van der Waals surface area contributed by atoms with Crippen LogP contribution < -0.4 is 5.32 Å². The Balaban J connectivity index is 1.39. The molecule has 2 atom stereocenters. The van der Waals surface area contributed by atoms with Crippen molar-refractivity contribution in [2.75, 3.05) is 19.6 Å². The molecule has 1 aromatic carbocycles. The smallest absolute Gasteiger partial charge is 0.230 e. The molecule has 2 saturated heterocycles. The van der Waals surface area contributed by atoms with E-state index in [9.17, 15) is 19.1 Å². The van der Waals surface area contributed by atoms with Gasteiger partial charge in [-0.15, -0.1) is 0 Å². The lowest BCUT2D eigenvalue weighted by molar-refractivity contribution is -0.154. The minimum atomic E-state index is -0.922. The molecule has 2 aliphatic rings. The minimum absolute atomic E-state index is 0.132. The molecule has 4 rings (SSSR count). The summed E-state index contributed by atoms with van der Waals surface area (Å²) in [7, 11) is 0. The minimum Gasteiger partial charge on any atom is -0.392 e. The van der Waals surface area contributed by atoms with E-state index in [1.54, 1.807) is 23.1 Å². The van der Waals surface area contributed by atoms with Crippen molar-refractivity contribution in [3.8, 4) is 11.4 Å². The Labute approximate surface area is 167 Å². The number of amides is 2. The highest BCUT2D eigenvalue weighted by Gasteiger charge is 2.50. The average Bonchev–Trinajstić information content (AvgIpc) is 3.19. The summed E-state index contributed by atoms with van der Waals surface area (Å²) in [4.78, 5) is 30.9. The number of hydrogen-bond acceptors (Lipinski definition) is 6. The Hall–Kier alpha value is -2.81. The molecule has 0 unspecified atom stereocenters. The van der Waals surface area contributed by atoms with Crippen LogP contribution >= 0.6 is 0 Å². The van der Waals surface area contributed by atoms with Crippen molar-refractivity contribution >= 4 is 11.8 Å². The van der Waals surface area contributed by atoms with Crippen molar-refractivity contribution < 1.29 is 23.6 Å². The molecule has 2 amide bonds. The highest BCUT2D eigenvalue weighted by atomic mass is 19.1. The molecule has 2 aliphatic heterocycles. The van der Waals surface area contributed by atoms with E-state index >= 15 is 0 Å². The van der Waals surface area contributed by atoms with Gasteiger partial charge in [-0.25, -0.2) is 4.39 Å². The van der Waals surface area contributed by atoms with Gasteiger partial charge in [0, 0.05) is 32.5 Å². The Kier molecular flexibility index (Phi) is 5.31. The summed E-state index contributed by atoms with van der Waals surface area (Å²) in [6.07, 6.45) is 1.33. The zero-order chi connectivity index (χ0) is 20.4. The second-order valence-electron chi connectivity index (χ2n) is 7.63. The highest BCUT2D eigenvalue weighted by Crippen LogP contribution is 2.37. The molecule has 29 heavy (non-hydrogen) atoms. The van der Waals surface area contributed by atoms with E-state index in [1.807, 2.05) is 0 Å². The first-order valence-corrected chi connectivity index (χ1v) is 9.81. The van der Waals surface area contributed by atoms with Crippen LogP contribution in [-0.2, 0) is 16.0 Å². The third-order valence-electron chi connectivity index (χ3n) is 5.81. The predicted molar refractivity (Wildman–Crippen MR) is 99.9 cm³/mol. The number of aliphatic hydroxyl groups excluding tert-OH is 1. The largest absolute Gasteiger partial charge is 0.392 e. The van der Waals surface area contributed by atoms with E-state index in [1.165, 1.54) is 6.07 Å². The van der Waals surface area contributed by atoms with Crippen LogP contribution in [0.5, 0.6) is 0 Å². The van der Waals surface area contributed by atoms with Gasteiger partial charge >= 0.3 is 0 Å². The van der Waals surface area contributed by atoms with E-state index in [0.717, 1.165) is 6.42 Å². The van der Waals surface area contributed by atoms with Crippen molar-refractivity contribution in [1.82, 2.24) is 20.4 Å². The van der Waals surface area contributed by atoms with Gasteiger partial charge in [-0.05, 0) is 31.4 Å². The van der Waals surface area contributed by atoms with Gasteiger partial charge in [0.25, 0.3) is 0 Å². The van der Waals surface area contributed by atoms with Crippen molar-refractivity contribution in [2.45, 2.75) is 38.2 Å². The molecule has 2 aromatic rings. The first kappa shape index (κ1) is 19.5. The zero-order valence-corrected chi connectivity index (χ0v) is 15.9. The van der Waals surface area contributed by atoms with E-state index in [-0.39, 0.29) is 48.5 Å². The summed E-state index contributed by atoms with van der Waals surface area (Å²) >= 11 is 0. The van der Waals surface area contributed by atoms with Crippen LogP contribution in [0.4, 0.5) is 4.39 Å². The Bertz CT molecular complexity index is 917. The van der Waals surface area contributed by atoms with E-state index in [0.29, 0.717) is 25.9 Å². The van der Waals surface area contributed by atoms with Crippen LogP contribution in [0.2, 0.25) is 0 Å². The lowest BCUT2D eigenvalue weighted by Gasteiger charge is -2.46. The number of likely N-dealkylation sites (tertiary alicyclic amines) is 1. The first-order valence-electron chi connectivity index (χ1n) is 9.81. The fraction of sp³-hybridized carbons (Fsp3) is 0.500. The fourth-order valence-corrected chi connectivity index (χ4v) is 4.14. The molecule has 2 N–H and O–H groups in total. The molecule has 3 heterocycles. The van der Waals surface area contributed by atoms with Crippen molar-refractivity contribution in [3.63, 3.8) is 0 Å². The number of aromatic nitrogens is 2. The van der Waals surface area contributed by atoms with Gasteiger partial charge < -0.3 is 19.8 Å². The molecule has 2 fully saturated rings. The molecule has 0 saturated carbocycles. The third-order valence-corrected chi connectivity index (χ3v) is 5.81. The van der Waals surface area contributed by atoms with Crippen LogP contribution in [0.1, 0.15) is 31.6 Å². The van der Waals surface area contributed by atoms with E-state index in [2.05, 4.69) is 15.5 Å². The van der Waals surface area contributed by atoms with Gasteiger partial charge in [0.1, 0.15) is 5.82 Å². The monoisotopic (exact) mass is 402 g/mol. The van der Waals surface area contributed by atoms with Crippen LogP contribution in [0.25, 0.3) is 11.4 Å². The number of rotatable bonds is 4. The molecular formula is C20H23FN4O4. The molecule has 8 nitrogen and oxygen atoms in total. The summed E-state index contributed by atoms with van der Waals surface area (Å²) < 4.78 is 19.0. The van der Waals surface area contributed by atoms with E-state index in [4.69, 9.17) is 4.52 Å². The SMILES string of the molecule is O=C(CCc1nc(-c2ccccc2F)no1)N1CC[C@H](O)[C@@]2(CCCNC2=O)C1. The topological polar surface area (TPSA) is 109 Å². The Morgan fingerprint density at radius 3 is 3.03 bits per heavy atom. The van der Waals surface area contributed by atoms with Crippen molar-refractivity contribution in [2.24, 2.45) is 5.41 Å². The quantitative estimate of drug-likeness (QED) is 0.798. The van der Waals surface area contributed by atoms with Gasteiger partial charge in [0.2, 0.25) is 23.5 Å². The second-order valence-corrected chi connectivity index (χ2v) is 7.63. The maximum Gasteiger partial charge on any atom is 0.230 e. The predicted octanol–water partition coefficient (Wildman–Crippen LogP) is 1.30.